The van der Waals surface area contributed by atoms with E-state index >= 15 is 0 Å². The van der Waals surface area contributed by atoms with Crippen LogP contribution in [0.1, 0.15) is 34.6 Å². The Hall–Kier alpha value is -1.07. The number of aliphatic hydroxyl groups excluding tert-OH is 1. The van der Waals surface area contributed by atoms with Crippen LogP contribution in [-0.2, 0) is 9.47 Å². The maximum Gasteiger partial charge on any atom is 0.413 e. The van der Waals surface area contributed by atoms with Gasteiger partial charge in [-0.15, -0.1) is 6.58 Å². The molecule has 0 aromatic carbocycles. The van der Waals surface area contributed by atoms with Gasteiger partial charge in [-0.05, 0) is 34.6 Å². The van der Waals surface area contributed by atoms with E-state index in [4.69, 9.17) is 9.47 Å². The van der Waals surface area contributed by atoms with E-state index in [0.717, 1.165) is 0 Å². The molecule has 5 heteroatoms. The summed E-state index contributed by atoms with van der Waals surface area (Å²) in [6, 6.07) is -0.465. The van der Waals surface area contributed by atoms with Crippen LogP contribution in [0.4, 0.5) is 4.79 Å². The molecule has 0 spiro atoms. The van der Waals surface area contributed by atoms with Crippen LogP contribution in [0.25, 0.3) is 0 Å². The molecule has 1 aliphatic rings. The van der Waals surface area contributed by atoms with E-state index in [1.54, 1.807) is 34.6 Å². The number of hydrogen-bond acceptors (Lipinski definition) is 4. The lowest BCUT2D eigenvalue weighted by molar-refractivity contribution is -0.0660. The Morgan fingerprint density at radius 1 is 1.61 bits per heavy atom. The number of hydrogen-bond donors (Lipinski definition) is 1. The molecule has 0 saturated carbocycles. The highest BCUT2D eigenvalue weighted by Gasteiger charge is 2.47. The van der Waals surface area contributed by atoms with Gasteiger partial charge in [0.15, 0.2) is 0 Å². The molecule has 1 N–H and O–H groups in total. The normalized spacial score (nSPS) is 24.8. The SMILES string of the molecule is C=CC(O)C1COC(C)(C)N1C(=O)OC(C)(C)C. The second-order valence-electron chi connectivity index (χ2n) is 5.90. The maximum atomic E-state index is 12.2. The smallest absolute Gasteiger partial charge is 0.413 e. The summed E-state index contributed by atoms with van der Waals surface area (Å²) < 4.78 is 10.9. The summed E-state index contributed by atoms with van der Waals surface area (Å²) in [6.45, 7) is 12.7. The fraction of sp³-hybridized carbons (Fsp3) is 0.769. The zero-order chi connectivity index (χ0) is 14.1. The van der Waals surface area contributed by atoms with Gasteiger partial charge in [-0.3, -0.25) is 4.90 Å². The first-order valence-electron chi connectivity index (χ1n) is 6.05. The Bertz CT molecular complexity index is 332. The zero-order valence-corrected chi connectivity index (χ0v) is 11.8. The third-order valence-electron chi connectivity index (χ3n) is 2.75. The zero-order valence-electron chi connectivity index (χ0n) is 11.8. The highest BCUT2D eigenvalue weighted by molar-refractivity contribution is 5.70. The number of ether oxygens (including phenoxy) is 2. The van der Waals surface area contributed by atoms with Crippen molar-refractivity contribution in [2.45, 2.75) is 58.1 Å². The Balaban J connectivity index is 2.92. The first-order valence-corrected chi connectivity index (χ1v) is 6.05. The average Bonchev–Trinajstić information content (AvgIpc) is 2.50. The van der Waals surface area contributed by atoms with Crippen molar-refractivity contribution in [3.63, 3.8) is 0 Å². The molecule has 0 aliphatic carbocycles. The average molecular weight is 257 g/mol. The summed E-state index contributed by atoms with van der Waals surface area (Å²) in [5, 5.41) is 9.86. The van der Waals surface area contributed by atoms with E-state index in [-0.39, 0.29) is 6.61 Å². The minimum atomic E-state index is -0.834. The molecule has 1 saturated heterocycles. The van der Waals surface area contributed by atoms with Gasteiger partial charge in [0.2, 0.25) is 0 Å². The lowest BCUT2D eigenvalue weighted by Gasteiger charge is -2.35. The number of aliphatic hydroxyl groups is 1. The first-order chi connectivity index (χ1) is 8.08. The van der Waals surface area contributed by atoms with Gasteiger partial charge >= 0.3 is 6.09 Å². The molecule has 5 nitrogen and oxygen atoms in total. The molecular formula is C13H23NO4. The topological polar surface area (TPSA) is 59.0 Å². The van der Waals surface area contributed by atoms with Crippen LogP contribution in [0.3, 0.4) is 0 Å². The fourth-order valence-electron chi connectivity index (χ4n) is 1.91. The summed E-state index contributed by atoms with van der Waals surface area (Å²) in [5.41, 5.74) is -1.38. The van der Waals surface area contributed by atoms with Crippen molar-refractivity contribution in [3.8, 4) is 0 Å². The Morgan fingerprint density at radius 3 is 2.61 bits per heavy atom. The largest absolute Gasteiger partial charge is 0.444 e. The third kappa shape index (κ3) is 3.23. The number of carbonyl (C=O) groups is 1. The van der Waals surface area contributed by atoms with Crippen molar-refractivity contribution in [1.29, 1.82) is 0 Å². The molecule has 0 bridgehead atoms. The molecule has 1 amide bonds. The monoisotopic (exact) mass is 257 g/mol. The fourth-order valence-corrected chi connectivity index (χ4v) is 1.91. The molecule has 0 aromatic rings. The molecule has 1 fully saturated rings. The van der Waals surface area contributed by atoms with Crippen LogP contribution in [0.15, 0.2) is 12.7 Å². The molecule has 1 heterocycles. The molecule has 104 valence electrons. The van der Waals surface area contributed by atoms with Gasteiger partial charge in [0.05, 0.1) is 18.8 Å². The lowest BCUT2D eigenvalue weighted by atomic mass is 10.1. The van der Waals surface area contributed by atoms with Gasteiger partial charge in [-0.1, -0.05) is 6.08 Å². The van der Waals surface area contributed by atoms with E-state index < -0.39 is 29.6 Å². The minimum absolute atomic E-state index is 0.263. The Labute approximate surface area is 108 Å². The van der Waals surface area contributed by atoms with Gasteiger partial charge in [-0.2, -0.15) is 0 Å². The van der Waals surface area contributed by atoms with Gasteiger partial charge in [0.1, 0.15) is 11.3 Å². The minimum Gasteiger partial charge on any atom is -0.444 e. The van der Waals surface area contributed by atoms with Crippen molar-refractivity contribution in [2.24, 2.45) is 0 Å². The number of carbonyl (C=O) groups excluding carboxylic acids is 1. The molecule has 1 aliphatic heterocycles. The predicted molar refractivity (Wildman–Crippen MR) is 68.1 cm³/mol. The lowest BCUT2D eigenvalue weighted by Crippen LogP contribution is -2.52. The summed E-state index contributed by atoms with van der Waals surface area (Å²) in [5.74, 6) is 0. The van der Waals surface area contributed by atoms with E-state index in [2.05, 4.69) is 6.58 Å². The van der Waals surface area contributed by atoms with E-state index in [1.165, 1.54) is 11.0 Å². The van der Waals surface area contributed by atoms with Crippen molar-refractivity contribution < 1.29 is 19.4 Å². The van der Waals surface area contributed by atoms with Crippen molar-refractivity contribution in [1.82, 2.24) is 4.90 Å². The summed E-state index contributed by atoms with van der Waals surface area (Å²) >= 11 is 0. The number of nitrogens with zero attached hydrogens (tertiary/aromatic N) is 1. The molecule has 2 atom stereocenters. The van der Waals surface area contributed by atoms with Crippen LogP contribution in [0, 0.1) is 0 Å². The van der Waals surface area contributed by atoms with E-state index in [0.29, 0.717) is 0 Å². The van der Waals surface area contributed by atoms with E-state index in [9.17, 15) is 9.90 Å². The molecular weight excluding hydrogens is 234 g/mol. The molecule has 2 unspecified atom stereocenters. The van der Waals surface area contributed by atoms with Crippen molar-refractivity contribution >= 4 is 6.09 Å². The molecule has 0 aromatic heterocycles. The summed E-state index contributed by atoms with van der Waals surface area (Å²) in [6.07, 6.45) is 0.0717. The van der Waals surface area contributed by atoms with Gasteiger partial charge in [0, 0.05) is 0 Å². The van der Waals surface area contributed by atoms with Crippen LogP contribution >= 0.6 is 0 Å². The van der Waals surface area contributed by atoms with Crippen LogP contribution in [0.5, 0.6) is 0 Å². The highest BCUT2D eigenvalue weighted by atomic mass is 16.6. The maximum absolute atomic E-state index is 12.2. The summed E-state index contributed by atoms with van der Waals surface area (Å²) in [4.78, 5) is 13.6. The molecule has 0 radical (unpaired) electrons. The third-order valence-corrected chi connectivity index (χ3v) is 2.75. The second kappa shape index (κ2) is 4.90. The number of amides is 1. The first kappa shape index (κ1) is 15.0. The quantitative estimate of drug-likeness (QED) is 0.768. The standard InChI is InChI=1S/C13H23NO4/c1-7-10(15)9-8-17-13(5,6)14(9)11(16)18-12(2,3)4/h7,9-10,15H,1,8H2,2-6H3. The number of rotatable bonds is 2. The second-order valence-corrected chi connectivity index (χ2v) is 5.90. The molecule has 1 rings (SSSR count). The van der Waals surface area contributed by atoms with E-state index in [1.807, 2.05) is 0 Å². The van der Waals surface area contributed by atoms with Gasteiger partial charge < -0.3 is 14.6 Å². The molecule has 18 heavy (non-hydrogen) atoms. The van der Waals surface area contributed by atoms with Gasteiger partial charge in [0.25, 0.3) is 0 Å². The predicted octanol–water partition coefficient (Wildman–Crippen LogP) is 1.91. The van der Waals surface area contributed by atoms with Gasteiger partial charge in [-0.25, -0.2) is 4.79 Å². The van der Waals surface area contributed by atoms with Crippen molar-refractivity contribution in [2.75, 3.05) is 6.61 Å². The highest BCUT2D eigenvalue weighted by Crippen LogP contribution is 2.31. The van der Waals surface area contributed by atoms with Crippen LogP contribution in [-0.4, -0.2) is 46.2 Å². The van der Waals surface area contributed by atoms with Crippen molar-refractivity contribution in [3.05, 3.63) is 12.7 Å². The Kier molecular flexibility index (Phi) is 4.08. The van der Waals surface area contributed by atoms with Crippen LogP contribution in [0.2, 0.25) is 0 Å². The summed E-state index contributed by atoms with van der Waals surface area (Å²) in [7, 11) is 0. The van der Waals surface area contributed by atoms with Crippen LogP contribution < -0.4 is 0 Å². The Morgan fingerprint density at radius 2 is 2.17 bits per heavy atom.